The van der Waals surface area contributed by atoms with Crippen LogP contribution in [0, 0.1) is 0 Å². The molecule has 0 aromatic carbocycles. The number of carbonyl (C=O) groups excluding carboxylic acids is 1. The first kappa shape index (κ1) is 14.7. The Balaban J connectivity index is 0.00000196. The number of nitrogens with two attached hydrogens (primary N) is 1. The highest BCUT2D eigenvalue weighted by Crippen LogP contribution is 2.28. The molecule has 1 aliphatic carbocycles. The van der Waals surface area contributed by atoms with E-state index in [0.717, 1.165) is 25.7 Å². The van der Waals surface area contributed by atoms with E-state index in [1.807, 2.05) is 0 Å². The zero-order valence-corrected chi connectivity index (χ0v) is 10.2. The summed E-state index contributed by atoms with van der Waals surface area (Å²) in [5.41, 5.74) is 5.54. The number of carbonyl (C=O) groups is 1. The van der Waals surface area contributed by atoms with Crippen molar-refractivity contribution in [2.24, 2.45) is 5.73 Å². The number of halogens is 1. The predicted molar refractivity (Wildman–Crippen MR) is 62.1 cm³/mol. The van der Waals surface area contributed by atoms with Crippen molar-refractivity contribution in [3.8, 4) is 0 Å². The van der Waals surface area contributed by atoms with Crippen LogP contribution in [0.2, 0.25) is 0 Å². The molecule has 3 N–H and O–H groups in total. The fourth-order valence-corrected chi connectivity index (χ4v) is 1.90. The van der Waals surface area contributed by atoms with Gasteiger partial charge in [0.1, 0.15) is 6.10 Å². The normalized spacial score (nSPS) is 20.5. The third kappa shape index (κ3) is 3.63. The van der Waals surface area contributed by atoms with E-state index in [9.17, 15) is 4.79 Å². The first-order valence-corrected chi connectivity index (χ1v) is 5.18. The number of hydrogen-bond acceptors (Lipinski definition) is 3. The van der Waals surface area contributed by atoms with Crippen LogP contribution in [0.5, 0.6) is 0 Å². The topological polar surface area (TPSA) is 64.3 Å². The minimum atomic E-state index is -0.390. The molecule has 1 fully saturated rings. The lowest BCUT2D eigenvalue weighted by molar-refractivity contribution is -0.132. The summed E-state index contributed by atoms with van der Waals surface area (Å²) in [5, 5.41) is 3.00. The van der Waals surface area contributed by atoms with Crippen LogP contribution >= 0.6 is 12.4 Å². The van der Waals surface area contributed by atoms with Crippen LogP contribution in [0.1, 0.15) is 32.6 Å². The SMILES string of the molecule is COC(C)C(=O)NC1(CN)CCCC1.Cl. The number of ether oxygens (including phenoxy) is 1. The van der Waals surface area contributed by atoms with Gasteiger partial charge in [0.25, 0.3) is 0 Å². The van der Waals surface area contributed by atoms with E-state index >= 15 is 0 Å². The van der Waals surface area contributed by atoms with E-state index in [-0.39, 0.29) is 30.0 Å². The standard InChI is InChI=1S/C10H20N2O2.ClH/c1-8(14-2)9(13)12-10(7-11)5-3-4-6-10;/h8H,3-7,11H2,1-2H3,(H,12,13);1H. The average molecular weight is 237 g/mol. The summed E-state index contributed by atoms with van der Waals surface area (Å²) in [4.78, 5) is 11.6. The molecule has 0 aromatic rings. The lowest BCUT2D eigenvalue weighted by atomic mass is 9.97. The maximum Gasteiger partial charge on any atom is 0.249 e. The number of hydrogen-bond donors (Lipinski definition) is 2. The van der Waals surface area contributed by atoms with Crippen LogP contribution in [0.25, 0.3) is 0 Å². The van der Waals surface area contributed by atoms with Gasteiger partial charge in [-0.05, 0) is 19.8 Å². The van der Waals surface area contributed by atoms with Gasteiger partial charge in [-0.3, -0.25) is 4.79 Å². The quantitative estimate of drug-likeness (QED) is 0.760. The van der Waals surface area contributed by atoms with Gasteiger partial charge in [0.2, 0.25) is 5.91 Å². The molecule has 0 aromatic heterocycles. The van der Waals surface area contributed by atoms with Gasteiger partial charge >= 0.3 is 0 Å². The summed E-state index contributed by atoms with van der Waals surface area (Å²) in [6.45, 7) is 2.27. The van der Waals surface area contributed by atoms with E-state index in [4.69, 9.17) is 10.5 Å². The molecule has 0 radical (unpaired) electrons. The van der Waals surface area contributed by atoms with E-state index in [2.05, 4.69) is 5.32 Å². The van der Waals surface area contributed by atoms with Crippen molar-refractivity contribution in [1.29, 1.82) is 0 Å². The Bertz CT molecular complexity index is 206. The molecule has 1 unspecified atom stereocenters. The third-order valence-corrected chi connectivity index (χ3v) is 3.06. The Hall–Kier alpha value is -0.320. The summed E-state index contributed by atoms with van der Waals surface area (Å²) in [7, 11) is 1.54. The molecular formula is C10H21ClN2O2. The van der Waals surface area contributed by atoms with Crippen molar-refractivity contribution in [3.63, 3.8) is 0 Å². The monoisotopic (exact) mass is 236 g/mol. The molecular weight excluding hydrogens is 216 g/mol. The van der Waals surface area contributed by atoms with Gasteiger partial charge in [0, 0.05) is 13.7 Å². The third-order valence-electron chi connectivity index (χ3n) is 3.06. The van der Waals surface area contributed by atoms with Gasteiger partial charge in [-0.15, -0.1) is 12.4 Å². The molecule has 1 amide bonds. The highest BCUT2D eigenvalue weighted by Gasteiger charge is 2.34. The molecule has 0 bridgehead atoms. The number of amides is 1. The predicted octanol–water partition coefficient (Wildman–Crippen LogP) is 0.831. The largest absolute Gasteiger partial charge is 0.372 e. The molecule has 0 heterocycles. The summed E-state index contributed by atoms with van der Waals surface area (Å²) in [6, 6.07) is 0. The van der Waals surface area contributed by atoms with E-state index < -0.39 is 0 Å². The number of nitrogens with one attached hydrogen (secondary N) is 1. The molecule has 1 aliphatic rings. The summed E-state index contributed by atoms with van der Waals surface area (Å²) >= 11 is 0. The van der Waals surface area contributed by atoms with E-state index in [1.165, 1.54) is 7.11 Å². The van der Waals surface area contributed by atoms with E-state index in [0.29, 0.717) is 6.54 Å². The fraction of sp³-hybridized carbons (Fsp3) is 0.900. The Morgan fingerprint density at radius 2 is 2.07 bits per heavy atom. The lowest BCUT2D eigenvalue weighted by Crippen LogP contribution is -2.54. The first-order valence-electron chi connectivity index (χ1n) is 5.18. The summed E-state index contributed by atoms with van der Waals surface area (Å²) < 4.78 is 4.96. The second kappa shape index (κ2) is 6.30. The number of methoxy groups -OCH3 is 1. The fourth-order valence-electron chi connectivity index (χ4n) is 1.90. The van der Waals surface area contributed by atoms with Crippen molar-refractivity contribution < 1.29 is 9.53 Å². The van der Waals surface area contributed by atoms with Gasteiger partial charge in [-0.2, -0.15) is 0 Å². The van der Waals surface area contributed by atoms with Crippen LogP contribution in [0.4, 0.5) is 0 Å². The molecule has 4 nitrogen and oxygen atoms in total. The minimum absolute atomic E-state index is 0. The van der Waals surface area contributed by atoms with E-state index in [1.54, 1.807) is 6.92 Å². The second-order valence-corrected chi connectivity index (χ2v) is 4.06. The molecule has 0 spiro atoms. The molecule has 1 rings (SSSR count). The Morgan fingerprint density at radius 1 is 1.53 bits per heavy atom. The second-order valence-electron chi connectivity index (χ2n) is 4.06. The number of rotatable bonds is 4. The van der Waals surface area contributed by atoms with Crippen molar-refractivity contribution in [2.75, 3.05) is 13.7 Å². The minimum Gasteiger partial charge on any atom is -0.372 e. The van der Waals surface area contributed by atoms with Gasteiger partial charge in [-0.25, -0.2) is 0 Å². The van der Waals surface area contributed by atoms with Crippen LogP contribution in [0.3, 0.4) is 0 Å². The molecule has 0 saturated heterocycles. The molecule has 90 valence electrons. The van der Waals surface area contributed by atoms with Crippen molar-refractivity contribution >= 4 is 18.3 Å². The van der Waals surface area contributed by atoms with Gasteiger partial charge < -0.3 is 15.8 Å². The average Bonchev–Trinajstić information content (AvgIpc) is 2.65. The highest BCUT2D eigenvalue weighted by molar-refractivity contribution is 5.85. The van der Waals surface area contributed by atoms with Crippen LogP contribution in [-0.2, 0) is 9.53 Å². The Kier molecular flexibility index (Phi) is 6.17. The molecule has 1 saturated carbocycles. The maximum atomic E-state index is 11.6. The first-order chi connectivity index (χ1) is 6.63. The van der Waals surface area contributed by atoms with Crippen LogP contribution in [0.15, 0.2) is 0 Å². The Labute approximate surface area is 97.3 Å². The maximum absolute atomic E-state index is 11.6. The lowest BCUT2D eigenvalue weighted by Gasteiger charge is -2.29. The van der Waals surface area contributed by atoms with Crippen molar-refractivity contribution in [1.82, 2.24) is 5.32 Å². The molecule has 0 aliphatic heterocycles. The zero-order valence-electron chi connectivity index (χ0n) is 9.41. The van der Waals surface area contributed by atoms with Gasteiger partial charge in [0.05, 0.1) is 5.54 Å². The summed E-state index contributed by atoms with van der Waals surface area (Å²) in [6.07, 6.45) is 3.90. The smallest absolute Gasteiger partial charge is 0.249 e. The van der Waals surface area contributed by atoms with Gasteiger partial charge in [0.15, 0.2) is 0 Å². The van der Waals surface area contributed by atoms with Crippen LogP contribution in [-0.4, -0.2) is 31.2 Å². The highest BCUT2D eigenvalue weighted by atomic mass is 35.5. The van der Waals surface area contributed by atoms with Crippen molar-refractivity contribution in [2.45, 2.75) is 44.2 Å². The summed E-state index contributed by atoms with van der Waals surface area (Å²) in [5.74, 6) is -0.0557. The van der Waals surface area contributed by atoms with Gasteiger partial charge in [-0.1, -0.05) is 12.8 Å². The molecule has 1 atom stereocenters. The Morgan fingerprint density at radius 3 is 2.47 bits per heavy atom. The molecule has 15 heavy (non-hydrogen) atoms. The van der Waals surface area contributed by atoms with Crippen molar-refractivity contribution in [3.05, 3.63) is 0 Å². The molecule has 5 heteroatoms. The zero-order chi connectivity index (χ0) is 10.6. The van der Waals surface area contributed by atoms with Crippen LogP contribution < -0.4 is 11.1 Å².